The van der Waals surface area contributed by atoms with E-state index in [2.05, 4.69) is 11.1 Å². The summed E-state index contributed by atoms with van der Waals surface area (Å²) in [7, 11) is 1.94. The lowest BCUT2D eigenvalue weighted by atomic mass is 9.89. The summed E-state index contributed by atoms with van der Waals surface area (Å²) in [5.74, 6) is 1.93. The molecule has 1 saturated carbocycles. The van der Waals surface area contributed by atoms with Gasteiger partial charge in [-0.15, -0.1) is 0 Å². The average Bonchev–Trinajstić information content (AvgIpc) is 3.63. The number of carbonyl (C=O) groups excluding carboxylic acids is 1. The molecule has 2 fully saturated rings. The standard InChI is InChI=1S/C29H33N5O2/c1-33-19-32-18-27(33)26(17-31)22-9-10-23(16-30)28(15-22)36-24-5-2-4-21(14-24)25-6-3-12-34(29(25)35)13-11-20-7-8-20/h2,4-5,9-10,14-15,18-20,25-26H,3,6-8,11-13,17,31H2,1H3/t25?,26-/m0/s1. The van der Waals surface area contributed by atoms with Crippen LogP contribution in [0, 0.1) is 17.2 Å². The molecule has 7 nitrogen and oxygen atoms in total. The molecule has 7 heteroatoms. The Balaban J connectivity index is 1.37. The Morgan fingerprint density at radius 3 is 2.81 bits per heavy atom. The first-order chi connectivity index (χ1) is 17.6. The maximum absolute atomic E-state index is 13.2. The third-order valence-corrected chi connectivity index (χ3v) is 7.50. The summed E-state index contributed by atoms with van der Waals surface area (Å²) < 4.78 is 8.21. The highest BCUT2D eigenvalue weighted by molar-refractivity contribution is 5.84. The number of nitriles is 1. The lowest BCUT2D eigenvalue weighted by Crippen LogP contribution is -2.40. The van der Waals surface area contributed by atoms with E-state index < -0.39 is 0 Å². The Bertz CT molecular complexity index is 1270. The topological polar surface area (TPSA) is 97.2 Å². The number of nitrogens with zero attached hydrogens (tertiary/aromatic N) is 4. The van der Waals surface area contributed by atoms with Gasteiger partial charge in [0.2, 0.25) is 5.91 Å². The van der Waals surface area contributed by atoms with Crippen LogP contribution >= 0.6 is 0 Å². The lowest BCUT2D eigenvalue weighted by molar-refractivity contribution is -0.135. The molecule has 1 aliphatic heterocycles. The second-order valence-corrected chi connectivity index (χ2v) is 10.0. The highest BCUT2D eigenvalue weighted by Crippen LogP contribution is 2.36. The highest BCUT2D eigenvalue weighted by Gasteiger charge is 2.31. The van der Waals surface area contributed by atoms with Crippen LogP contribution in [0.5, 0.6) is 11.5 Å². The number of rotatable bonds is 9. The van der Waals surface area contributed by atoms with Crippen molar-refractivity contribution in [2.75, 3.05) is 19.6 Å². The summed E-state index contributed by atoms with van der Waals surface area (Å²) in [6.45, 7) is 2.13. The number of amides is 1. The quantitative estimate of drug-likeness (QED) is 0.477. The molecule has 3 aromatic rings. The second-order valence-electron chi connectivity index (χ2n) is 10.0. The fourth-order valence-corrected chi connectivity index (χ4v) is 5.20. The number of imidazole rings is 1. The predicted molar refractivity (Wildman–Crippen MR) is 138 cm³/mol. The van der Waals surface area contributed by atoms with Gasteiger partial charge in [-0.05, 0) is 60.6 Å². The van der Waals surface area contributed by atoms with Crippen LogP contribution in [0.3, 0.4) is 0 Å². The van der Waals surface area contributed by atoms with Crippen LogP contribution in [-0.2, 0) is 11.8 Å². The molecule has 1 aromatic heterocycles. The Kier molecular flexibility index (Phi) is 7.06. The monoisotopic (exact) mass is 483 g/mol. The largest absolute Gasteiger partial charge is 0.456 e. The van der Waals surface area contributed by atoms with E-state index >= 15 is 0 Å². The van der Waals surface area contributed by atoms with Crippen molar-refractivity contribution in [1.29, 1.82) is 5.26 Å². The highest BCUT2D eigenvalue weighted by atomic mass is 16.5. The van der Waals surface area contributed by atoms with Crippen LogP contribution in [0.1, 0.15) is 66.3 Å². The Morgan fingerprint density at radius 2 is 2.08 bits per heavy atom. The van der Waals surface area contributed by atoms with Gasteiger partial charge >= 0.3 is 0 Å². The fourth-order valence-electron chi connectivity index (χ4n) is 5.20. The van der Waals surface area contributed by atoms with Gasteiger partial charge in [-0.3, -0.25) is 4.79 Å². The van der Waals surface area contributed by atoms with Gasteiger partial charge in [0.05, 0.1) is 17.8 Å². The summed E-state index contributed by atoms with van der Waals surface area (Å²) in [4.78, 5) is 19.5. The van der Waals surface area contributed by atoms with Gasteiger partial charge in [0.1, 0.15) is 17.6 Å². The molecule has 2 atom stereocenters. The molecule has 186 valence electrons. The fraction of sp³-hybridized carbons (Fsp3) is 0.414. The SMILES string of the molecule is Cn1cncc1[C@@H](CN)c1ccc(C#N)c(Oc2cccc(C3CCCN(CCC4CC4)C3=O)c2)c1. The Labute approximate surface area is 212 Å². The summed E-state index contributed by atoms with van der Waals surface area (Å²) >= 11 is 0. The molecule has 2 N–H and O–H groups in total. The number of ether oxygens (including phenoxy) is 1. The minimum absolute atomic E-state index is 0.0691. The third-order valence-electron chi connectivity index (χ3n) is 7.50. The Morgan fingerprint density at radius 1 is 1.22 bits per heavy atom. The van der Waals surface area contributed by atoms with Crippen molar-refractivity contribution < 1.29 is 9.53 Å². The van der Waals surface area contributed by atoms with E-state index in [-0.39, 0.29) is 17.7 Å². The minimum atomic E-state index is -0.144. The number of hydrogen-bond donors (Lipinski definition) is 1. The number of aryl methyl sites for hydroxylation is 1. The first kappa shape index (κ1) is 24.1. The number of hydrogen-bond acceptors (Lipinski definition) is 5. The number of likely N-dealkylation sites (tertiary alicyclic amines) is 1. The van der Waals surface area contributed by atoms with Crippen molar-refractivity contribution in [3.63, 3.8) is 0 Å². The van der Waals surface area contributed by atoms with Gasteiger partial charge in [0, 0.05) is 44.5 Å². The van der Waals surface area contributed by atoms with Crippen LogP contribution in [0.4, 0.5) is 0 Å². The number of benzene rings is 2. The van der Waals surface area contributed by atoms with E-state index in [1.165, 1.54) is 12.8 Å². The summed E-state index contributed by atoms with van der Waals surface area (Å²) in [5.41, 5.74) is 9.50. The third kappa shape index (κ3) is 5.14. The van der Waals surface area contributed by atoms with E-state index in [0.29, 0.717) is 23.6 Å². The summed E-state index contributed by atoms with van der Waals surface area (Å²) in [6, 6.07) is 15.6. The molecule has 0 radical (unpaired) electrons. The van der Waals surface area contributed by atoms with Gasteiger partial charge in [-0.1, -0.05) is 31.0 Å². The molecule has 0 spiro atoms. The van der Waals surface area contributed by atoms with E-state index in [9.17, 15) is 10.1 Å². The molecule has 1 saturated heterocycles. The van der Waals surface area contributed by atoms with Gasteiger partial charge in [0.15, 0.2) is 0 Å². The van der Waals surface area contributed by atoms with Crippen molar-refractivity contribution in [1.82, 2.24) is 14.5 Å². The number of nitrogens with two attached hydrogens (primary N) is 1. The summed E-state index contributed by atoms with van der Waals surface area (Å²) in [5, 5.41) is 9.71. The molecular weight excluding hydrogens is 450 g/mol. The molecule has 1 aliphatic carbocycles. The number of carbonyl (C=O) groups is 1. The van der Waals surface area contributed by atoms with E-state index in [4.69, 9.17) is 10.5 Å². The molecule has 2 aliphatic rings. The average molecular weight is 484 g/mol. The van der Waals surface area contributed by atoms with E-state index in [0.717, 1.165) is 55.1 Å². The predicted octanol–water partition coefficient (Wildman–Crippen LogP) is 4.68. The van der Waals surface area contributed by atoms with Gasteiger partial charge in [0.25, 0.3) is 0 Å². The second kappa shape index (κ2) is 10.5. The maximum Gasteiger partial charge on any atom is 0.230 e. The van der Waals surface area contributed by atoms with Crippen LogP contribution in [0.2, 0.25) is 0 Å². The molecule has 2 heterocycles. The Hall–Kier alpha value is -3.63. The molecule has 2 aromatic carbocycles. The molecule has 0 bridgehead atoms. The van der Waals surface area contributed by atoms with Gasteiger partial charge in [-0.2, -0.15) is 5.26 Å². The van der Waals surface area contributed by atoms with Crippen molar-refractivity contribution in [3.05, 3.63) is 77.4 Å². The van der Waals surface area contributed by atoms with Crippen LogP contribution in [0.15, 0.2) is 55.0 Å². The minimum Gasteiger partial charge on any atom is -0.456 e. The molecule has 1 amide bonds. The zero-order valence-electron chi connectivity index (χ0n) is 20.8. The van der Waals surface area contributed by atoms with Crippen LogP contribution in [0.25, 0.3) is 0 Å². The van der Waals surface area contributed by atoms with Gasteiger partial charge in [-0.25, -0.2) is 4.98 Å². The first-order valence-corrected chi connectivity index (χ1v) is 12.8. The van der Waals surface area contributed by atoms with Gasteiger partial charge < -0.3 is 19.9 Å². The number of aromatic nitrogens is 2. The van der Waals surface area contributed by atoms with Crippen LogP contribution in [-0.4, -0.2) is 40.0 Å². The van der Waals surface area contributed by atoms with Crippen LogP contribution < -0.4 is 10.5 Å². The van der Waals surface area contributed by atoms with Crippen molar-refractivity contribution >= 4 is 5.91 Å². The zero-order valence-corrected chi connectivity index (χ0v) is 20.8. The van der Waals surface area contributed by atoms with E-state index in [1.807, 2.05) is 59.1 Å². The normalized spacial score (nSPS) is 18.6. The molecule has 5 rings (SSSR count). The smallest absolute Gasteiger partial charge is 0.230 e. The zero-order chi connectivity index (χ0) is 25.1. The molecular formula is C29H33N5O2. The van der Waals surface area contributed by atoms with Crippen molar-refractivity contribution in [2.45, 2.75) is 43.9 Å². The maximum atomic E-state index is 13.2. The molecule has 1 unspecified atom stereocenters. The lowest BCUT2D eigenvalue weighted by Gasteiger charge is -2.32. The molecule has 36 heavy (non-hydrogen) atoms. The van der Waals surface area contributed by atoms with Crippen molar-refractivity contribution in [2.24, 2.45) is 18.7 Å². The summed E-state index contributed by atoms with van der Waals surface area (Å²) in [6.07, 6.45) is 9.18. The number of piperidine rings is 1. The van der Waals surface area contributed by atoms with E-state index in [1.54, 1.807) is 12.4 Å². The van der Waals surface area contributed by atoms with Crippen molar-refractivity contribution in [3.8, 4) is 17.6 Å². The first-order valence-electron chi connectivity index (χ1n) is 12.8.